The maximum atomic E-state index is 12.6. The van der Waals surface area contributed by atoms with Crippen LogP contribution in [-0.4, -0.2) is 23.5 Å². The van der Waals surface area contributed by atoms with Gasteiger partial charge in [0.1, 0.15) is 5.75 Å². The van der Waals surface area contributed by atoms with Crippen molar-refractivity contribution < 1.29 is 9.53 Å². The fourth-order valence-electron chi connectivity index (χ4n) is 2.98. The highest BCUT2D eigenvalue weighted by atomic mass is 32.1. The number of carbonyl (C=O) groups is 1. The number of thiazole rings is 1. The molecule has 4 nitrogen and oxygen atoms in total. The average molecular weight is 330 g/mol. The molecule has 0 radical (unpaired) electrons. The van der Waals surface area contributed by atoms with E-state index in [1.54, 1.807) is 11.3 Å². The van der Waals surface area contributed by atoms with E-state index in [1.807, 2.05) is 36.9 Å². The van der Waals surface area contributed by atoms with E-state index in [2.05, 4.69) is 18.8 Å². The lowest BCUT2D eigenvalue weighted by molar-refractivity contribution is -0.126. The number of nitrogens with zero attached hydrogens (tertiary/aromatic N) is 2. The minimum absolute atomic E-state index is 0.0604. The lowest BCUT2D eigenvalue weighted by atomic mass is 10.1. The van der Waals surface area contributed by atoms with Crippen molar-refractivity contribution >= 4 is 22.9 Å². The highest BCUT2D eigenvalue weighted by Crippen LogP contribution is 2.39. The highest BCUT2D eigenvalue weighted by molar-refractivity contribution is 7.11. The topological polar surface area (TPSA) is 42.4 Å². The van der Waals surface area contributed by atoms with Gasteiger partial charge in [0, 0.05) is 17.0 Å². The van der Waals surface area contributed by atoms with Crippen LogP contribution in [0, 0.1) is 13.8 Å². The Bertz CT molecular complexity index is 739. The molecule has 1 atom stereocenters. The first-order chi connectivity index (χ1) is 11.0. The Morgan fingerprint density at radius 2 is 2.09 bits per heavy atom. The van der Waals surface area contributed by atoms with Crippen LogP contribution < -0.4 is 9.64 Å². The molecule has 1 aromatic carbocycles. The van der Waals surface area contributed by atoms with Crippen molar-refractivity contribution in [1.82, 2.24) is 4.98 Å². The molecule has 2 heterocycles. The first-order valence-electron chi connectivity index (χ1n) is 8.11. The first-order valence-corrected chi connectivity index (χ1v) is 8.93. The second-order valence-electron chi connectivity index (χ2n) is 5.82. The van der Waals surface area contributed by atoms with E-state index < -0.39 is 0 Å². The highest BCUT2D eigenvalue weighted by Gasteiger charge is 2.33. The number of carbonyl (C=O) groups excluding carboxylic acids is 1. The monoisotopic (exact) mass is 330 g/mol. The van der Waals surface area contributed by atoms with Gasteiger partial charge < -0.3 is 9.64 Å². The number of hydrogen-bond acceptors (Lipinski definition) is 4. The fraction of sp³-hybridized carbons (Fsp3) is 0.444. The smallest absolute Gasteiger partial charge is 0.268 e. The van der Waals surface area contributed by atoms with E-state index >= 15 is 0 Å². The third-order valence-electron chi connectivity index (χ3n) is 4.06. The molecule has 0 saturated carbocycles. The van der Waals surface area contributed by atoms with E-state index in [1.165, 1.54) is 4.88 Å². The van der Waals surface area contributed by atoms with E-state index in [0.29, 0.717) is 13.0 Å². The van der Waals surface area contributed by atoms with Crippen LogP contribution in [0.4, 0.5) is 5.69 Å². The SMILES string of the molecule is CCCN1C(=O)C(CC)Oc2ccc(-c3nc(C)sc3C)cc21. The van der Waals surface area contributed by atoms with Gasteiger partial charge in [0.25, 0.3) is 5.91 Å². The van der Waals surface area contributed by atoms with Crippen LogP contribution in [0.5, 0.6) is 5.75 Å². The van der Waals surface area contributed by atoms with Gasteiger partial charge in [-0.2, -0.15) is 0 Å². The van der Waals surface area contributed by atoms with Gasteiger partial charge in [0.05, 0.1) is 16.4 Å². The molecule has 0 spiro atoms. The number of fused-ring (bicyclic) bond motifs is 1. The molecule has 1 aromatic heterocycles. The van der Waals surface area contributed by atoms with Crippen molar-refractivity contribution in [1.29, 1.82) is 0 Å². The molecular formula is C18H22N2O2S. The Kier molecular flexibility index (Phi) is 4.39. The maximum Gasteiger partial charge on any atom is 0.268 e. The average Bonchev–Trinajstić information content (AvgIpc) is 2.88. The van der Waals surface area contributed by atoms with Crippen molar-refractivity contribution in [3.63, 3.8) is 0 Å². The zero-order valence-corrected chi connectivity index (χ0v) is 14.9. The summed E-state index contributed by atoms with van der Waals surface area (Å²) in [5.74, 6) is 0.850. The molecule has 0 bridgehead atoms. The fourth-order valence-corrected chi connectivity index (χ4v) is 3.82. The number of aryl methyl sites for hydroxylation is 2. The van der Waals surface area contributed by atoms with Crippen molar-refractivity contribution in [3.05, 3.63) is 28.1 Å². The minimum atomic E-state index is -0.372. The standard InChI is InChI=1S/C18H22N2O2S/c1-5-9-20-14-10-13(17-11(3)23-12(4)19-17)7-8-16(14)22-15(6-2)18(20)21/h7-8,10,15H,5-6,9H2,1-4H3. The van der Waals surface area contributed by atoms with Crippen LogP contribution in [0.2, 0.25) is 0 Å². The molecule has 1 unspecified atom stereocenters. The largest absolute Gasteiger partial charge is 0.478 e. The molecule has 0 aliphatic carbocycles. The summed E-state index contributed by atoms with van der Waals surface area (Å²) >= 11 is 1.69. The second kappa shape index (κ2) is 6.32. The van der Waals surface area contributed by atoms with Gasteiger partial charge in [-0.15, -0.1) is 11.3 Å². The van der Waals surface area contributed by atoms with E-state index in [4.69, 9.17) is 4.74 Å². The molecule has 0 N–H and O–H groups in total. The van der Waals surface area contributed by atoms with Gasteiger partial charge in [-0.05, 0) is 44.9 Å². The van der Waals surface area contributed by atoms with Crippen molar-refractivity contribution in [2.45, 2.75) is 46.6 Å². The van der Waals surface area contributed by atoms with Crippen LogP contribution in [0.15, 0.2) is 18.2 Å². The van der Waals surface area contributed by atoms with E-state index in [-0.39, 0.29) is 12.0 Å². The Morgan fingerprint density at radius 1 is 1.30 bits per heavy atom. The zero-order valence-electron chi connectivity index (χ0n) is 14.0. The van der Waals surface area contributed by atoms with Crippen LogP contribution in [0.25, 0.3) is 11.3 Å². The third kappa shape index (κ3) is 2.85. The van der Waals surface area contributed by atoms with Crippen LogP contribution in [0.3, 0.4) is 0 Å². The lowest BCUT2D eigenvalue weighted by Crippen LogP contribution is -2.45. The molecule has 1 amide bonds. The number of ether oxygens (including phenoxy) is 1. The maximum absolute atomic E-state index is 12.6. The van der Waals surface area contributed by atoms with Crippen molar-refractivity contribution in [2.24, 2.45) is 0 Å². The summed E-state index contributed by atoms with van der Waals surface area (Å²) < 4.78 is 5.89. The van der Waals surface area contributed by atoms with Crippen LogP contribution in [-0.2, 0) is 4.79 Å². The summed E-state index contributed by atoms with van der Waals surface area (Å²) in [6.45, 7) is 8.87. The quantitative estimate of drug-likeness (QED) is 0.837. The number of benzene rings is 1. The van der Waals surface area contributed by atoms with Gasteiger partial charge >= 0.3 is 0 Å². The predicted molar refractivity (Wildman–Crippen MR) is 94.4 cm³/mol. The Hall–Kier alpha value is -1.88. The summed E-state index contributed by atoms with van der Waals surface area (Å²) in [6, 6.07) is 6.04. The Balaban J connectivity index is 2.07. The van der Waals surface area contributed by atoms with E-state index in [0.717, 1.165) is 34.1 Å². The van der Waals surface area contributed by atoms with Gasteiger partial charge in [-0.3, -0.25) is 4.79 Å². The predicted octanol–water partition coefficient (Wildman–Crippen LogP) is 4.34. The normalized spacial score (nSPS) is 17.1. The summed E-state index contributed by atoms with van der Waals surface area (Å²) in [6.07, 6.45) is 1.23. The minimum Gasteiger partial charge on any atom is -0.478 e. The summed E-state index contributed by atoms with van der Waals surface area (Å²) in [5.41, 5.74) is 2.90. The molecule has 1 aliphatic heterocycles. The molecule has 122 valence electrons. The number of hydrogen-bond donors (Lipinski definition) is 0. The first kappa shape index (κ1) is 16.0. The number of aromatic nitrogens is 1. The zero-order chi connectivity index (χ0) is 16.6. The van der Waals surface area contributed by atoms with Crippen molar-refractivity contribution in [3.8, 4) is 17.0 Å². The number of anilines is 1. The van der Waals surface area contributed by atoms with Gasteiger partial charge in [-0.1, -0.05) is 13.8 Å². The van der Waals surface area contributed by atoms with Gasteiger partial charge in [0.2, 0.25) is 0 Å². The molecule has 0 saturated heterocycles. The summed E-state index contributed by atoms with van der Waals surface area (Å²) in [4.78, 5) is 20.3. The summed E-state index contributed by atoms with van der Waals surface area (Å²) in [7, 11) is 0. The number of rotatable bonds is 4. The van der Waals surface area contributed by atoms with E-state index in [9.17, 15) is 4.79 Å². The molecule has 3 rings (SSSR count). The lowest BCUT2D eigenvalue weighted by Gasteiger charge is -2.34. The molecular weight excluding hydrogens is 308 g/mol. The molecule has 0 fully saturated rings. The van der Waals surface area contributed by atoms with Gasteiger partial charge in [-0.25, -0.2) is 4.98 Å². The molecule has 5 heteroatoms. The van der Waals surface area contributed by atoms with Gasteiger partial charge in [0.15, 0.2) is 6.10 Å². The Morgan fingerprint density at radius 3 is 2.70 bits per heavy atom. The molecule has 2 aromatic rings. The molecule has 23 heavy (non-hydrogen) atoms. The molecule has 1 aliphatic rings. The summed E-state index contributed by atoms with van der Waals surface area (Å²) in [5, 5.41) is 1.05. The van der Waals surface area contributed by atoms with Crippen LogP contribution in [0.1, 0.15) is 36.6 Å². The number of amides is 1. The second-order valence-corrected chi connectivity index (χ2v) is 7.23. The Labute approximate surface area is 141 Å². The van der Waals surface area contributed by atoms with Crippen LogP contribution >= 0.6 is 11.3 Å². The van der Waals surface area contributed by atoms with Crippen molar-refractivity contribution in [2.75, 3.05) is 11.4 Å². The third-order valence-corrected chi connectivity index (χ3v) is 4.94.